The Balaban J connectivity index is 2.59. The van der Waals surface area contributed by atoms with Crippen LogP contribution in [0.1, 0.15) is 5.56 Å². The Morgan fingerprint density at radius 1 is 1.39 bits per heavy atom. The highest BCUT2D eigenvalue weighted by Crippen LogP contribution is 2.28. The Bertz CT molecular complexity index is 455. The molecule has 0 radical (unpaired) electrons. The molecule has 0 fully saturated rings. The second kappa shape index (κ2) is 6.96. The minimum Gasteiger partial charge on any atom is -0.493 e. The van der Waals surface area contributed by atoms with Gasteiger partial charge >= 0.3 is 0 Å². The molecule has 0 amide bonds. The molecular weight excluding hydrogens is 240 g/mol. The fraction of sp³-hybridized carbons (Fsp3) is 0.364. The molecular formula is C11H12N2O5. The molecule has 96 valence electrons. The number of hydrogen-bond acceptors (Lipinski definition) is 6. The normalized spacial score (nSPS) is 9.33. The van der Waals surface area contributed by atoms with Crippen molar-refractivity contribution in [2.24, 2.45) is 0 Å². The van der Waals surface area contributed by atoms with Gasteiger partial charge in [-0.25, -0.2) is 0 Å². The van der Waals surface area contributed by atoms with E-state index in [1.54, 1.807) is 18.2 Å². The Hall–Kier alpha value is -2.49. The summed E-state index contributed by atoms with van der Waals surface area (Å²) >= 11 is 0. The van der Waals surface area contributed by atoms with Crippen molar-refractivity contribution in [3.63, 3.8) is 0 Å². The molecule has 18 heavy (non-hydrogen) atoms. The van der Waals surface area contributed by atoms with Crippen molar-refractivity contribution in [1.82, 2.24) is 0 Å². The molecule has 0 N–H and O–H groups in total. The third-order valence-electron chi connectivity index (χ3n) is 2.05. The highest BCUT2D eigenvalue weighted by atomic mass is 17.0. The van der Waals surface area contributed by atoms with Crippen LogP contribution >= 0.6 is 0 Å². The third-order valence-corrected chi connectivity index (χ3v) is 2.05. The number of rotatable bonds is 7. The molecule has 7 heteroatoms. The first-order valence-electron chi connectivity index (χ1n) is 5.11. The van der Waals surface area contributed by atoms with Crippen molar-refractivity contribution in [2.75, 3.05) is 20.3 Å². The van der Waals surface area contributed by atoms with Crippen LogP contribution in [-0.2, 0) is 11.3 Å². The standard InChI is InChI=1S/C11H12N2O5/c1-16-11-8-9(4-5-12)2-3-10(11)17-6-7-18-13(14)15/h2-3,8H,4,6-7H2,1H3. The van der Waals surface area contributed by atoms with Crippen LogP contribution in [-0.4, -0.2) is 25.4 Å². The maximum Gasteiger partial charge on any atom is 0.294 e. The maximum atomic E-state index is 9.92. The van der Waals surface area contributed by atoms with Gasteiger partial charge in [0.05, 0.1) is 19.6 Å². The molecule has 0 bridgehead atoms. The zero-order valence-corrected chi connectivity index (χ0v) is 9.79. The minimum absolute atomic E-state index is 0.0366. The van der Waals surface area contributed by atoms with Gasteiger partial charge in [0, 0.05) is 0 Å². The molecule has 0 spiro atoms. The monoisotopic (exact) mass is 252 g/mol. The summed E-state index contributed by atoms with van der Waals surface area (Å²) in [4.78, 5) is 14.0. The van der Waals surface area contributed by atoms with E-state index in [2.05, 4.69) is 4.84 Å². The molecule has 1 rings (SSSR count). The van der Waals surface area contributed by atoms with Gasteiger partial charge in [0.1, 0.15) is 13.2 Å². The van der Waals surface area contributed by atoms with Crippen molar-refractivity contribution in [3.8, 4) is 17.6 Å². The summed E-state index contributed by atoms with van der Waals surface area (Å²) in [6.07, 6.45) is 0.279. The predicted octanol–water partition coefficient (Wildman–Crippen LogP) is 1.35. The lowest BCUT2D eigenvalue weighted by molar-refractivity contribution is -0.757. The summed E-state index contributed by atoms with van der Waals surface area (Å²) in [5.74, 6) is 0.926. The molecule has 0 aromatic heterocycles. The zero-order chi connectivity index (χ0) is 13.4. The topological polar surface area (TPSA) is 94.6 Å². The molecule has 0 saturated heterocycles. The van der Waals surface area contributed by atoms with Gasteiger partial charge in [0.25, 0.3) is 5.09 Å². The van der Waals surface area contributed by atoms with Crippen LogP contribution in [0.5, 0.6) is 11.5 Å². The Morgan fingerprint density at radius 3 is 2.78 bits per heavy atom. The largest absolute Gasteiger partial charge is 0.493 e. The third kappa shape index (κ3) is 4.17. The van der Waals surface area contributed by atoms with Gasteiger partial charge in [0.2, 0.25) is 0 Å². The average Bonchev–Trinajstić information content (AvgIpc) is 2.35. The van der Waals surface area contributed by atoms with E-state index in [-0.39, 0.29) is 19.6 Å². The molecule has 1 aromatic carbocycles. The predicted molar refractivity (Wildman–Crippen MR) is 60.8 cm³/mol. The van der Waals surface area contributed by atoms with Crippen molar-refractivity contribution in [1.29, 1.82) is 5.26 Å². The molecule has 0 heterocycles. The Kier molecular flexibility index (Phi) is 5.25. The van der Waals surface area contributed by atoms with Crippen LogP contribution in [0.2, 0.25) is 0 Å². The molecule has 0 aliphatic carbocycles. The van der Waals surface area contributed by atoms with Crippen molar-refractivity contribution >= 4 is 0 Å². The molecule has 0 unspecified atom stereocenters. The summed E-state index contributed by atoms with van der Waals surface area (Å²) in [5.41, 5.74) is 0.809. The maximum absolute atomic E-state index is 9.92. The van der Waals surface area contributed by atoms with Crippen molar-refractivity contribution in [3.05, 3.63) is 33.9 Å². The fourth-order valence-corrected chi connectivity index (χ4v) is 1.30. The lowest BCUT2D eigenvalue weighted by Gasteiger charge is -2.10. The van der Waals surface area contributed by atoms with Gasteiger partial charge in [-0.15, -0.1) is 10.1 Å². The smallest absolute Gasteiger partial charge is 0.294 e. The summed E-state index contributed by atoms with van der Waals surface area (Å²) < 4.78 is 10.4. The lowest BCUT2D eigenvalue weighted by atomic mass is 10.1. The average molecular weight is 252 g/mol. The first-order chi connectivity index (χ1) is 8.67. The first-order valence-corrected chi connectivity index (χ1v) is 5.11. The van der Waals surface area contributed by atoms with Gasteiger partial charge < -0.3 is 14.3 Å². The van der Waals surface area contributed by atoms with E-state index in [1.807, 2.05) is 6.07 Å². The summed E-state index contributed by atoms with van der Waals surface area (Å²) in [6, 6.07) is 7.10. The molecule has 0 atom stereocenters. The molecule has 1 aromatic rings. The number of ether oxygens (including phenoxy) is 2. The van der Waals surface area contributed by atoms with E-state index >= 15 is 0 Å². The zero-order valence-electron chi connectivity index (χ0n) is 9.79. The van der Waals surface area contributed by atoms with E-state index in [4.69, 9.17) is 14.7 Å². The SMILES string of the molecule is COc1cc(CC#N)ccc1OCCO[N+](=O)[O-]. The minimum atomic E-state index is -0.878. The number of methoxy groups -OCH3 is 1. The van der Waals surface area contributed by atoms with E-state index in [9.17, 15) is 10.1 Å². The Morgan fingerprint density at radius 2 is 2.17 bits per heavy atom. The molecule has 0 aliphatic rings. The number of nitrogens with zero attached hydrogens (tertiary/aromatic N) is 2. The van der Waals surface area contributed by atoms with Crippen LogP contribution in [0.25, 0.3) is 0 Å². The molecule has 7 nitrogen and oxygen atoms in total. The van der Waals surface area contributed by atoms with Gasteiger partial charge in [-0.3, -0.25) is 0 Å². The van der Waals surface area contributed by atoms with Crippen LogP contribution in [0.15, 0.2) is 18.2 Å². The van der Waals surface area contributed by atoms with Gasteiger partial charge in [-0.2, -0.15) is 5.26 Å². The first kappa shape index (κ1) is 13.6. The highest BCUT2D eigenvalue weighted by molar-refractivity contribution is 5.43. The second-order valence-electron chi connectivity index (χ2n) is 3.23. The van der Waals surface area contributed by atoms with Crippen molar-refractivity contribution in [2.45, 2.75) is 6.42 Å². The number of benzene rings is 1. The van der Waals surface area contributed by atoms with Crippen LogP contribution in [0, 0.1) is 21.4 Å². The van der Waals surface area contributed by atoms with Crippen LogP contribution in [0.3, 0.4) is 0 Å². The second-order valence-corrected chi connectivity index (χ2v) is 3.23. The van der Waals surface area contributed by atoms with E-state index < -0.39 is 5.09 Å². The number of nitriles is 1. The Labute approximate surface area is 104 Å². The van der Waals surface area contributed by atoms with E-state index in [0.717, 1.165) is 5.56 Å². The van der Waals surface area contributed by atoms with Crippen molar-refractivity contribution < 1.29 is 19.4 Å². The number of hydrogen-bond donors (Lipinski definition) is 0. The van der Waals surface area contributed by atoms with Gasteiger partial charge in [-0.1, -0.05) is 6.07 Å². The van der Waals surface area contributed by atoms with Crippen LogP contribution in [0.4, 0.5) is 0 Å². The summed E-state index contributed by atoms with van der Waals surface area (Å²) in [6.45, 7) is -0.120. The molecule has 0 aliphatic heterocycles. The van der Waals surface area contributed by atoms with E-state index in [0.29, 0.717) is 11.5 Å². The fourth-order valence-electron chi connectivity index (χ4n) is 1.30. The quantitative estimate of drug-likeness (QED) is 0.413. The summed E-state index contributed by atoms with van der Waals surface area (Å²) in [7, 11) is 1.48. The highest BCUT2D eigenvalue weighted by Gasteiger charge is 2.06. The molecule has 0 saturated carbocycles. The van der Waals surface area contributed by atoms with Gasteiger partial charge in [-0.05, 0) is 17.7 Å². The van der Waals surface area contributed by atoms with Crippen LogP contribution < -0.4 is 9.47 Å². The summed E-state index contributed by atoms with van der Waals surface area (Å²) in [5, 5.41) is 17.6. The lowest BCUT2D eigenvalue weighted by Crippen LogP contribution is -2.10. The van der Waals surface area contributed by atoms with E-state index in [1.165, 1.54) is 7.11 Å². The van der Waals surface area contributed by atoms with Gasteiger partial charge in [0.15, 0.2) is 11.5 Å².